The lowest BCUT2D eigenvalue weighted by molar-refractivity contribution is -0.142. The zero-order valence-electron chi connectivity index (χ0n) is 7.41. The van der Waals surface area contributed by atoms with E-state index >= 15 is 0 Å². The van der Waals surface area contributed by atoms with Gasteiger partial charge in [-0.2, -0.15) is 0 Å². The molecule has 1 saturated heterocycles. The van der Waals surface area contributed by atoms with Crippen LogP contribution in [0, 0.1) is 5.92 Å². The van der Waals surface area contributed by atoms with E-state index in [4.69, 9.17) is 9.84 Å². The average Bonchev–Trinajstić information content (AvgIpc) is 2.33. The van der Waals surface area contributed by atoms with Gasteiger partial charge in [-0.3, -0.25) is 4.79 Å². The third kappa shape index (κ3) is 2.19. The summed E-state index contributed by atoms with van der Waals surface area (Å²) >= 11 is 0. The molecule has 0 radical (unpaired) electrons. The van der Waals surface area contributed by atoms with Gasteiger partial charge in [-0.1, -0.05) is 13.8 Å². The molecule has 2 N–H and O–H groups in total. The number of ether oxygens (including phenoxy) is 1. The molecule has 1 aliphatic rings. The molecule has 0 aliphatic carbocycles. The molecule has 0 aromatic rings. The summed E-state index contributed by atoms with van der Waals surface area (Å²) in [5, 5.41) is 11.9. The predicted molar refractivity (Wildman–Crippen MR) is 44.0 cm³/mol. The summed E-state index contributed by atoms with van der Waals surface area (Å²) in [5.74, 6) is -1.15. The Morgan fingerprint density at radius 3 is 2.75 bits per heavy atom. The van der Waals surface area contributed by atoms with Gasteiger partial charge in [0.15, 0.2) is 0 Å². The lowest BCUT2D eigenvalue weighted by atomic mass is 10.0. The zero-order chi connectivity index (χ0) is 9.14. The summed E-state index contributed by atoms with van der Waals surface area (Å²) in [4.78, 5) is 10.7. The Bertz CT molecular complexity index is 170. The fraction of sp³-hybridized carbons (Fsp3) is 0.875. The standard InChI is InChI=1S/C8H15NO3/c1-5(2)9-7-4-12-3-6(7)8(10)11/h5-7,9H,3-4H2,1-2H3,(H,10,11). The molecule has 70 valence electrons. The van der Waals surface area contributed by atoms with Crippen molar-refractivity contribution >= 4 is 5.97 Å². The van der Waals surface area contributed by atoms with E-state index in [0.717, 1.165) is 0 Å². The minimum Gasteiger partial charge on any atom is -0.481 e. The number of hydrogen-bond donors (Lipinski definition) is 2. The van der Waals surface area contributed by atoms with Crippen molar-refractivity contribution in [3.05, 3.63) is 0 Å². The molecule has 0 amide bonds. The lowest BCUT2D eigenvalue weighted by Gasteiger charge is -2.17. The van der Waals surface area contributed by atoms with Crippen molar-refractivity contribution in [3.8, 4) is 0 Å². The normalized spacial score (nSPS) is 29.6. The summed E-state index contributed by atoms with van der Waals surface area (Å²) in [6.45, 7) is 4.84. The number of hydrogen-bond acceptors (Lipinski definition) is 3. The van der Waals surface area contributed by atoms with Crippen LogP contribution in [0.25, 0.3) is 0 Å². The molecule has 0 spiro atoms. The van der Waals surface area contributed by atoms with Crippen molar-refractivity contribution in [2.75, 3.05) is 13.2 Å². The molecule has 0 aromatic heterocycles. The van der Waals surface area contributed by atoms with E-state index in [1.807, 2.05) is 13.8 Å². The minimum atomic E-state index is -0.773. The van der Waals surface area contributed by atoms with E-state index in [0.29, 0.717) is 19.3 Å². The Balaban J connectivity index is 2.46. The topological polar surface area (TPSA) is 58.6 Å². The van der Waals surface area contributed by atoms with Crippen molar-refractivity contribution in [2.45, 2.75) is 25.9 Å². The van der Waals surface area contributed by atoms with Gasteiger partial charge in [-0.25, -0.2) is 0 Å². The van der Waals surface area contributed by atoms with Crippen molar-refractivity contribution in [3.63, 3.8) is 0 Å². The molecule has 2 unspecified atom stereocenters. The largest absolute Gasteiger partial charge is 0.481 e. The van der Waals surface area contributed by atoms with E-state index in [1.54, 1.807) is 0 Å². The van der Waals surface area contributed by atoms with E-state index < -0.39 is 5.97 Å². The Hall–Kier alpha value is -0.610. The van der Waals surface area contributed by atoms with E-state index in [1.165, 1.54) is 0 Å². The number of carbonyl (C=O) groups is 1. The van der Waals surface area contributed by atoms with Crippen LogP contribution in [0.2, 0.25) is 0 Å². The van der Waals surface area contributed by atoms with Crippen LogP contribution in [0.4, 0.5) is 0 Å². The molecule has 1 fully saturated rings. The third-order valence-corrected chi connectivity index (χ3v) is 1.95. The maximum atomic E-state index is 10.7. The van der Waals surface area contributed by atoms with Crippen LogP contribution in [0.3, 0.4) is 0 Å². The summed E-state index contributed by atoms with van der Waals surface area (Å²) in [6, 6.07) is 0.279. The van der Waals surface area contributed by atoms with Crippen molar-refractivity contribution in [1.82, 2.24) is 5.32 Å². The van der Waals surface area contributed by atoms with Crippen LogP contribution in [-0.2, 0) is 9.53 Å². The molecule has 12 heavy (non-hydrogen) atoms. The van der Waals surface area contributed by atoms with Gasteiger partial charge in [0.25, 0.3) is 0 Å². The second kappa shape index (κ2) is 3.87. The predicted octanol–water partition coefficient (Wildman–Crippen LogP) is 0.0840. The maximum absolute atomic E-state index is 10.7. The molecular formula is C8H15NO3. The van der Waals surface area contributed by atoms with Crippen LogP contribution in [0.5, 0.6) is 0 Å². The molecule has 4 heteroatoms. The number of carboxylic acid groups (broad SMARTS) is 1. The van der Waals surface area contributed by atoms with E-state index in [-0.39, 0.29) is 12.0 Å². The van der Waals surface area contributed by atoms with Gasteiger partial charge < -0.3 is 15.2 Å². The number of aliphatic carboxylic acids is 1. The van der Waals surface area contributed by atoms with Gasteiger partial charge in [0.05, 0.1) is 19.1 Å². The van der Waals surface area contributed by atoms with Crippen LogP contribution >= 0.6 is 0 Å². The monoisotopic (exact) mass is 173 g/mol. The summed E-state index contributed by atoms with van der Waals surface area (Å²) in [7, 11) is 0. The molecule has 0 saturated carbocycles. The molecule has 1 rings (SSSR count). The minimum absolute atomic E-state index is 0.0255. The Labute approximate surface area is 71.9 Å². The van der Waals surface area contributed by atoms with Gasteiger partial charge >= 0.3 is 5.97 Å². The maximum Gasteiger partial charge on any atom is 0.310 e. The number of carboxylic acids is 1. The highest BCUT2D eigenvalue weighted by molar-refractivity contribution is 5.71. The number of nitrogens with one attached hydrogen (secondary N) is 1. The Morgan fingerprint density at radius 1 is 1.58 bits per heavy atom. The first-order chi connectivity index (χ1) is 5.61. The SMILES string of the molecule is CC(C)NC1COCC1C(=O)O. The number of rotatable bonds is 3. The Morgan fingerprint density at radius 2 is 2.25 bits per heavy atom. The summed E-state index contributed by atoms with van der Waals surface area (Å²) in [6.07, 6.45) is 0. The van der Waals surface area contributed by atoms with E-state index in [2.05, 4.69) is 5.32 Å². The van der Waals surface area contributed by atoms with Crippen LogP contribution in [0.15, 0.2) is 0 Å². The smallest absolute Gasteiger partial charge is 0.310 e. The van der Waals surface area contributed by atoms with Gasteiger partial charge in [-0.15, -0.1) is 0 Å². The average molecular weight is 173 g/mol. The van der Waals surface area contributed by atoms with Gasteiger partial charge in [0.2, 0.25) is 0 Å². The fourth-order valence-corrected chi connectivity index (χ4v) is 1.39. The second-order valence-electron chi connectivity index (χ2n) is 3.41. The molecule has 1 heterocycles. The Kier molecular flexibility index (Phi) is 3.05. The van der Waals surface area contributed by atoms with Crippen LogP contribution < -0.4 is 5.32 Å². The molecule has 4 nitrogen and oxygen atoms in total. The zero-order valence-corrected chi connectivity index (χ0v) is 7.41. The second-order valence-corrected chi connectivity index (χ2v) is 3.41. The van der Waals surface area contributed by atoms with Gasteiger partial charge in [0, 0.05) is 12.1 Å². The first-order valence-electron chi connectivity index (χ1n) is 4.18. The van der Waals surface area contributed by atoms with Crippen LogP contribution in [0.1, 0.15) is 13.8 Å². The third-order valence-electron chi connectivity index (χ3n) is 1.95. The lowest BCUT2D eigenvalue weighted by Crippen LogP contribution is -2.42. The highest BCUT2D eigenvalue weighted by atomic mass is 16.5. The first kappa shape index (κ1) is 9.48. The van der Waals surface area contributed by atoms with E-state index in [9.17, 15) is 4.79 Å². The van der Waals surface area contributed by atoms with Crippen molar-refractivity contribution in [1.29, 1.82) is 0 Å². The molecule has 2 atom stereocenters. The highest BCUT2D eigenvalue weighted by Crippen LogP contribution is 2.14. The molecule has 1 aliphatic heterocycles. The van der Waals surface area contributed by atoms with Gasteiger partial charge in [0.1, 0.15) is 0 Å². The molecular weight excluding hydrogens is 158 g/mol. The molecule has 0 aromatic carbocycles. The summed E-state index contributed by atoms with van der Waals surface area (Å²) < 4.78 is 5.09. The van der Waals surface area contributed by atoms with Gasteiger partial charge in [-0.05, 0) is 0 Å². The quantitative estimate of drug-likeness (QED) is 0.634. The van der Waals surface area contributed by atoms with Crippen molar-refractivity contribution < 1.29 is 14.6 Å². The fourth-order valence-electron chi connectivity index (χ4n) is 1.39. The molecule has 0 bridgehead atoms. The first-order valence-corrected chi connectivity index (χ1v) is 4.18. The van der Waals surface area contributed by atoms with Crippen LogP contribution in [-0.4, -0.2) is 36.4 Å². The van der Waals surface area contributed by atoms with Crippen molar-refractivity contribution in [2.24, 2.45) is 5.92 Å². The summed E-state index contributed by atoms with van der Waals surface area (Å²) in [5.41, 5.74) is 0. The highest BCUT2D eigenvalue weighted by Gasteiger charge is 2.33.